The third kappa shape index (κ3) is 3.27. The van der Waals surface area contributed by atoms with E-state index in [0.29, 0.717) is 5.56 Å². The second-order valence-corrected chi connectivity index (χ2v) is 6.02. The lowest BCUT2D eigenvalue weighted by Gasteiger charge is -2.19. The zero-order valence-electron chi connectivity index (χ0n) is 12.4. The number of carbonyl (C=O) groups is 1. The van der Waals surface area contributed by atoms with Crippen molar-refractivity contribution in [2.24, 2.45) is 0 Å². The average molecular weight is 268 g/mol. The van der Waals surface area contributed by atoms with Crippen molar-refractivity contribution in [2.75, 3.05) is 0 Å². The van der Waals surface area contributed by atoms with Gasteiger partial charge in [0.1, 0.15) is 17.8 Å². The number of aryl methyl sites for hydroxylation is 1. The first-order chi connectivity index (χ1) is 9.40. The minimum absolute atomic E-state index is 0.0939. The maximum absolute atomic E-state index is 10.8. The van der Waals surface area contributed by atoms with Crippen molar-refractivity contribution in [3.8, 4) is 11.5 Å². The molecule has 2 nitrogen and oxygen atoms in total. The fraction of sp³-hybridized carbons (Fsp3) is 0.278. The van der Waals surface area contributed by atoms with E-state index in [2.05, 4.69) is 32.9 Å². The predicted molar refractivity (Wildman–Crippen MR) is 81.8 cm³/mol. The molecule has 0 saturated heterocycles. The van der Waals surface area contributed by atoms with Crippen LogP contribution in [0.3, 0.4) is 0 Å². The predicted octanol–water partition coefficient (Wildman–Crippen LogP) is 4.90. The Balaban J connectivity index is 2.26. The highest BCUT2D eigenvalue weighted by atomic mass is 16.5. The molecule has 0 aliphatic heterocycles. The van der Waals surface area contributed by atoms with Crippen molar-refractivity contribution in [1.29, 1.82) is 0 Å². The number of hydrogen-bond acceptors (Lipinski definition) is 2. The number of ether oxygens (including phenoxy) is 1. The molecule has 0 aliphatic rings. The average Bonchev–Trinajstić information content (AvgIpc) is 2.38. The van der Waals surface area contributed by atoms with E-state index in [0.717, 1.165) is 23.3 Å². The summed E-state index contributed by atoms with van der Waals surface area (Å²) in [5.74, 6) is 1.56. The third-order valence-electron chi connectivity index (χ3n) is 3.30. The molecular weight excluding hydrogens is 248 g/mol. The van der Waals surface area contributed by atoms with E-state index in [-0.39, 0.29) is 5.41 Å². The van der Waals surface area contributed by atoms with Gasteiger partial charge in [-0.1, -0.05) is 32.9 Å². The molecule has 104 valence electrons. The van der Waals surface area contributed by atoms with Crippen LogP contribution in [0, 0.1) is 6.92 Å². The number of rotatable bonds is 3. The number of benzene rings is 2. The largest absolute Gasteiger partial charge is 0.457 e. The molecule has 2 rings (SSSR count). The van der Waals surface area contributed by atoms with E-state index in [1.54, 1.807) is 6.07 Å². The van der Waals surface area contributed by atoms with Crippen molar-refractivity contribution in [1.82, 2.24) is 0 Å². The van der Waals surface area contributed by atoms with Gasteiger partial charge in [0.2, 0.25) is 0 Å². The van der Waals surface area contributed by atoms with Crippen LogP contribution in [0.4, 0.5) is 0 Å². The molecule has 0 radical (unpaired) electrons. The lowest BCUT2D eigenvalue weighted by molar-refractivity contribution is 0.112. The summed E-state index contributed by atoms with van der Waals surface area (Å²) in [5, 5.41) is 0. The summed E-state index contributed by atoms with van der Waals surface area (Å²) >= 11 is 0. The molecule has 0 spiro atoms. The molecular formula is C18H20O2. The normalized spacial score (nSPS) is 11.2. The summed E-state index contributed by atoms with van der Waals surface area (Å²) in [6, 6.07) is 13.6. The Labute approximate surface area is 120 Å². The van der Waals surface area contributed by atoms with Crippen LogP contribution in [0.5, 0.6) is 11.5 Å². The Morgan fingerprint density at radius 3 is 2.30 bits per heavy atom. The molecule has 0 unspecified atom stereocenters. The maximum atomic E-state index is 10.8. The minimum Gasteiger partial charge on any atom is -0.457 e. The number of carbonyl (C=O) groups excluding carboxylic acids is 1. The maximum Gasteiger partial charge on any atom is 0.150 e. The van der Waals surface area contributed by atoms with Crippen LogP contribution in [0.15, 0.2) is 42.5 Å². The first-order valence-corrected chi connectivity index (χ1v) is 6.74. The number of aldehydes is 1. The topological polar surface area (TPSA) is 26.3 Å². The van der Waals surface area contributed by atoms with Gasteiger partial charge < -0.3 is 4.74 Å². The van der Waals surface area contributed by atoms with Gasteiger partial charge in [0.15, 0.2) is 0 Å². The Morgan fingerprint density at radius 1 is 1.00 bits per heavy atom. The van der Waals surface area contributed by atoms with Crippen LogP contribution in [0.1, 0.15) is 42.3 Å². The van der Waals surface area contributed by atoms with E-state index in [1.807, 2.05) is 31.2 Å². The van der Waals surface area contributed by atoms with Crippen LogP contribution in [-0.4, -0.2) is 6.29 Å². The quantitative estimate of drug-likeness (QED) is 0.740. The molecule has 0 aromatic heterocycles. The van der Waals surface area contributed by atoms with E-state index < -0.39 is 0 Å². The highest BCUT2D eigenvalue weighted by Crippen LogP contribution is 2.29. The van der Waals surface area contributed by atoms with Crippen LogP contribution in [-0.2, 0) is 5.41 Å². The smallest absolute Gasteiger partial charge is 0.150 e. The molecule has 0 fully saturated rings. The van der Waals surface area contributed by atoms with E-state index >= 15 is 0 Å². The summed E-state index contributed by atoms with van der Waals surface area (Å²) in [4.78, 5) is 10.8. The Kier molecular flexibility index (Phi) is 3.93. The van der Waals surface area contributed by atoms with E-state index in [4.69, 9.17) is 4.74 Å². The summed E-state index contributed by atoms with van der Waals surface area (Å²) in [6.07, 6.45) is 0.860. The first-order valence-electron chi connectivity index (χ1n) is 6.74. The molecule has 0 bridgehead atoms. The highest BCUT2D eigenvalue weighted by molar-refractivity contribution is 5.77. The van der Waals surface area contributed by atoms with Crippen molar-refractivity contribution < 1.29 is 9.53 Å². The minimum atomic E-state index is 0.0939. The van der Waals surface area contributed by atoms with Gasteiger partial charge in [-0.2, -0.15) is 0 Å². The van der Waals surface area contributed by atoms with Crippen molar-refractivity contribution in [3.63, 3.8) is 0 Å². The second-order valence-electron chi connectivity index (χ2n) is 6.02. The Hall–Kier alpha value is -2.09. The van der Waals surface area contributed by atoms with Crippen molar-refractivity contribution in [2.45, 2.75) is 33.1 Å². The van der Waals surface area contributed by atoms with E-state index in [1.165, 1.54) is 5.56 Å². The molecule has 0 heterocycles. The molecule has 0 atom stereocenters. The zero-order valence-corrected chi connectivity index (χ0v) is 12.4. The summed E-state index contributed by atoms with van der Waals surface area (Å²) in [6.45, 7) is 8.43. The fourth-order valence-corrected chi connectivity index (χ4v) is 2.01. The first kappa shape index (κ1) is 14.3. The van der Waals surface area contributed by atoms with Crippen molar-refractivity contribution in [3.05, 3.63) is 59.2 Å². The molecule has 0 N–H and O–H groups in total. The summed E-state index contributed by atoms with van der Waals surface area (Å²) in [5.41, 5.74) is 2.94. The molecule has 0 saturated carbocycles. The lowest BCUT2D eigenvalue weighted by atomic mass is 9.87. The summed E-state index contributed by atoms with van der Waals surface area (Å²) in [7, 11) is 0. The van der Waals surface area contributed by atoms with Gasteiger partial charge in [-0.25, -0.2) is 0 Å². The van der Waals surface area contributed by atoms with Crippen LogP contribution in [0.25, 0.3) is 0 Å². The molecule has 0 aliphatic carbocycles. The second kappa shape index (κ2) is 5.49. The number of hydrogen-bond donors (Lipinski definition) is 0. The standard InChI is InChI=1S/C18H20O2/c1-13-10-17(9-8-14(13)12-19)20-16-7-5-6-15(11-16)18(2,3)4/h5-12H,1-4H3. The van der Waals surface area contributed by atoms with Gasteiger partial charge in [0.05, 0.1) is 0 Å². The molecule has 2 heteroatoms. The molecule has 2 aromatic rings. The van der Waals surface area contributed by atoms with Gasteiger partial charge in [-0.05, 0) is 53.8 Å². The van der Waals surface area contributed by atoms with Gasteiger partial charge >= 0.3 is 0 Å². The van der Waals surface area contributed by atoms with Crippen LogP contribution >= 0.6 is 0 Å². The van der Waals surface area contributed by atoms with Crippen molar-refractivity contribution >= 4 is 6.29 Å². The monoisotopic (exact) mass is 268 g/mol. The zero-order chi connectivity index (χ0) is 14.8. The van der Waals surface area contributed by atoms with Crippen LogP contribution < -0.4 is 4.74 Å². The van der Waals surface area contributed by atoms with Gasteiger partial charge in [-0.3, -0.25) is 4.79 Å². The van der Waals surface area contributed by atoms with Gasteiger partial charge in [-0.15, -0.1) is 0 Å². The van der Waals surface area contributed by atoms with Gasteiger partial charge in [0.25, 0.3) is 0 Å². The van der Waals surface area contributed by atoms with Gasteiger partial charge in [0, 0.05) is 5.56 Å². The third-order valence-corrected chi connectivity index (χ3v) is 3.30. The molecule has 2 aromatic carbocycles. The van der Waals surface area contributed by atoms with Crippen LogP contribution in [0.2, 0.25) is 0 Å². The molecule has 0 amide bonds. The highest BCUT2D eigenvalue weighted by Gasteiger charge is 2.14. The van der Waals surface area contributed by atoms with E-state index in [9.17, 15) is 4.79 Å². The SMILES string of the molecule is Cc1cc(Oc2cccc(C(C)(C)C)c2)ccc1C=O. The molecule has 20 heavy (non-hydrogen) atoms. The fourth-order valence-electron chi connectivity index (χ4n) is 2.01. The lowest BCUT2D eigenvalue weighted by Crippen LogP contribution is -2.10. The summed E-state index contributed by atoms with van der Waals surface area (Å²) < 4.78 is 5.88. The Morgan fingerprint density at radius 2 is 1.70 bits per heavy atom. The Bertz CT molecular complexity index is 622.